The SMILES string of the molecule is COCCNCc1cccc(Br)c1OCC(=O)N(C)C. The van der Waals surface area contributed by atoms with Crippen LogP contribution in [0.2, 0.25) is 0 Å². The van der Waals surface area contributed by atoms with Crippen LogP contribution in [0.1, 0.15) is 5.56 Å². The number of hydrogen-bond donors (Lipinski definition) is 1. The molecule has 0 aliphatic carbocycles. The molecular formula is C14H21BrN2O3. The van der Waals surface area contributed by atoms with E-state index in [-0.39, 0.29) is 12.5 Å². The maximum Gasteiger partial charge on any atom is 0.259 e. The van der Waals surface area contributed by atoms with Gasteiger partial charge in [-0.3, -0.25) is 4.79 Å². The fourth-order valence-corrected chi connectivity index (χ4v) is 2.04. The maximum atomic E-state index is 11.6. The van der Waals surface area contributed by atoms with E-state index in [2.05, 4.69) is 21.2 Å². The Morgan fingerprint density at radius 3 is 2.80 bits per heavy atom. The van der Waals surface area contributed by atoms with Crippen molar-refractivity contribution >= 4 is 21.8 Å². The van der Waals surface area contributed by atoms with Gasteiger partial charge in [0, 0.05) is 39.9 Å². The predicted molar refractivity (Wildman–Crippen MR) is 81.9 cm³/mol. The summed E-state index contributed by atoms with van der Waals surface area (Å²) in [4.78, 5) is 13.1. The van der Waals surface area contributed by atoms with E-state index in [4.69, 9.17) is 9.47 Å². The Labute approximate surface area is 128 Å². The minimum atomic E-state index is -0.0703. The summed E-state index contributed by atoms with van der Waals surface area (Å²) in [6.07, 6.45) is 0. The molecule has 0 radical (unpaired) electrons. The van der Waals surface area contributed by atoms with Gasteiger partial charge in [-0.25, -0.2) is 0 Å². The van der Waals surface area contributed by atoms with E-state index in [9.17, 15) is 4.79 Å². The van der Waals surface area contributed by atoms with Crippen molar-refractivity contribution in [3.63, 3.8) is 0 Å². The first-order valence-electron chi connectivity index (χ1n) is 6.36. The molecular weight excluding hydrogens is 324 g/mol. The van der Waals surface area contributed by atoms with Crippen molar-refractivity contribution < 1.29 is 14.3 Å². The van der Waals surface area contributed by atoms with Gasteiger partial charge in [-0.15, -0.1) is 0 Å². The molecule has 0 aromatic heterocycles. The second-order valence-corrected chi connectivity index (χ2v) is 5.33. The van der Waals surface area contributed by atoms with E-state index in [0.29, 0.717) is 18.9 Å². The van der Waals surface area contributed by atoms with E-state index in [1.165, 1.54) is 4.90 Å². The van der Waals surface area contributed by atoms with Crippen LogP contribution in [0.25, 0.3) is 0 Å². The summed E-state index contributed by atoms with van der Waals surface area (Å²) in [7, 11) is 5.08. The predicted octanol–water partition coefficient (Wildman–Crippen LogP) is 1.65. The Morgan fingerprint density at radius 2 is 2.15 bits per heavy atom. The van der Waals surface area contributed by atoms with Crippen LogP contribution in [0, 0.1) is 0 Å². The van der Waals surface area contributed by atoms with E-state index >= 15 is 0 Å². The Bertz CT molecular complexity index is 438. The number of hydrogen-bond acceptors (Lipinski definition) is 4. The molecule has 0 heterocycles. The molecule has 112 valence electrons. The van der Waals surface area contributed by atoms with Gasteiger partial charge in [0.2, 0.25) is 0 Å². The van der Waals surface area contributed by atoms with Crippen molar-refractivity contribution in [2.75, 3.05) is 41.0 Å². The normalized spacial score (nSPS) is 10.4. The van der Waals surface area contributed by atoms with Crippen LogP contribution in [0.15, 0.2) is 22.7 Å². The van der Waals surface area contributed by atoms with Crippen molar-refractivity contribution in [3.8, 4) is 5.75 Å². The molecule has 0 aliphatic heterocycles. The summed E-state index contributed by atoms with van der Waals surface area (Å²) in [6.45, 7) is 2.11. The molecule has 1 amide bonds. The van der Waals surface area contributed by atoms with Crippen LogP contribution < -0.4 is 10.1 Å². The minimum absolute atomic E-state index is 0.0285. The van der Waals surface area contributed by atoms with E-state index in [1.54, 1.807) is 21.2 Å². The highest BCUT2D eigenvalue weighted by Gasteiger charge is 2.11. The zero-order chi connectivity index (χ0) is 15.0. The molecule has 5 nitrogen and oxygen atoms in total. The topological polar surface area (TPSA) is 50.8 Å². The number of carbonyl (C=O) groups is 1. The molecule has 1 N–H and O–H groups in total. The number of carbonyl (C=O) groups excluding carboxylic acids is 1. The van der Waals surface area contributed by atoms with E-state index in [0.717, 1.165) is 16.6 Å². The number of methoxy groups -OCH3 is 1. The zero-order valence-corrected chi connectivity index (χ0v) is 13.7. The van der Waals surface area contributed by atoms with Gasteiger partial charge in [-0.05, 0) is 22.0 Å². The second-order valence-electron chi connectivity index (χ2n) is 4.47. The summed E-state index contributed by atoms with van der Waals surface area (Å²) in [6, 6.07) is 5.81. The van der Waals surface area contributed by atoms with Crippen LogP contribution in [0.4, 0.5) is 0 Å². The first-order chi connectivity index (χ1) is 9.56. The van der Waals surface area contributed by atoms with Gasteiger partial charge in [-0.2, -0.15) is 0 Å². The average molecular weight is 345 g/mol. The Hall–Kier alpha value is -1.11. The largest absolute Gasteiger partial charge is 0.482 e. The lowest BCUT2D eigenvalue weighted by Crippen LogP contribution is -2.28. The lowest BCUT2D eigenvalue weighted by molar-refractivity contribution is -0.130. The van der Waals surface area contributed by atoms with Gasteiger partial charge in [0.15, 0.2) is 6.61 Å². The molecule has 0 atom stereocenters. The summed E-state index contributed by atoms with van der Waals surface area (Å²) >= 11 is 3.45. The number of rotatable bonds is 8. The highest BCUT2D eigenvalue weighted by molar-refractivity contribution is 9.10. The standard InChI is InChI=1S/C14H21BrN2O3/c1-17(2)13(18)10-20-14-11(5-4-6-12(14)15)9-16-7-8-19-3/h4-6,16H,7-10H2,1-3H3. The van der Waals surface area contributed by atoms with Crippen LogP contribution in [-0.4, -0.2) is 51.8 Å². The van der Waals surface area contributed by atoms with Crippen molar-refractivity contribution in [3.05, 3.63) is 28.2 Å². The molecule has 1 aromatic rings. The Morgan fingerprint density at radius 1 is 1.40 bits per heavy atom. The van der Waals surface area contributed by atoms with Gasteiger partial charge in [0.05, 0.1) is 11.1 Å². The summed E-state index contributed by atoms with van der Waals surface area (Å²) in [5.74, 6) is 0.631. The fraction of sp³-hybridized carbons (Fsp3) is 0.500. The molecule has 0 saturated carbocycles. The number of likely N-dealkylation sites (N-methyl/N-ethyl adjacent to an activating group) is 1. The Kier molecular flexibility index (Phi) is 7.58. The van der Waals surface area contributed by atoms with Gasteiger partial charge in [0.25, 0.3) is 5.91 Å². The Balaban J connectivity index is 2.65. The lowest BCUT2D eigenvalue weighted by atomic mass is 10.2. The van der Waals surface area contributed by atoms with Gasteiger partial charge < -0.3 is 19.7 Å². The maximum absolute atomic E-state index is 11.6. The number of halogens is 1. The number of benzene rings is 1. The molecule has 1 aromatic carbocycles. The quantitative estimate of drug-likeness (QED) is 0.728. The molecule has 0 fully saturated rings. The first-order valence-corrected chi connectivity index (χ1v) is 7.15. The van der Waals surface area contributed by atoms with E-state index < -0.39 is 0 Å². The van der Waals surface area contributed by atoms with E-state index in [1.807, 2.05) is 18.2 Å². The second kappa shape index (κ2) is 8.94. The molecule has 1 rings (SSSR count). The van der Waals surface area contributed by atoms with Crippen molar-refractivity contribution in [2.45, 2.75) is 6.54 Å². The molecule has 6 heteroatoms. The van der Waals surface area contributed by atoms with Crippen LogP contribution in [0.3, 0.4) is 0 Å². The van der Waals surface area contributed by atoms with Gasteiger partial charge in [-0.1, -0.05) is 12.1 Å². The number of ether oxygens (including phenoxy) is 2. The molecule has 0 bridgehead atoms. The number of para-hydroxylation sites is 1. The number of nitrogens with zero attached hydrogens (tertiary/aromatic N) is 1. The third-order valence-electron chi connectivity index (χ3n) is 2.69. The fourth-order valence-electron chi connectivity index (χ4n) is 1.51. The highest BCUT2D eigenvalue weighted by Crippen LogP contribution is 2.29. The third kappa shape index (κ3) is 5.48. The zero-order valence-electron chi connectivity index (χ0n) is 12.1. The lowest BCUT2D eigenvalue weighted by Gasteiger charge is -2.15. The molecule has 0 aliphatic rings. The summed E-state index contributed by atoms with van der Waals surface area (Å²) in [5.41, 5.74) is 1.00. The van der Waals surface area contributed by atoms with Gasteiger partial charge >= 0.3 is 0 Å². The molecule has 0 spiro atoms. The van der Waals surface area contributed by atoms with Crippen molar-refractivity contribution in [1.29, 1.82) is 0 Å². The van der Waals surface area contributed by atoms with Crippen LogP contribution in [-0.2, 0) is 16.1 Å². The summed E-state index contributed by atoms with van der Waals surface area (Å²) < 4.78 is 11.5. The van der Waals surface area contributed by atoms with Crippen LogP contribution >= 0.6 is 15.9 Å². The third-order valence-corrected chi connectivity index (χ3v) is 3.31. The molecule has 0 unspecified atom stereocenters. The number of amides is 1. The minimum Gasteiger partial charge on any atom is -0.482 e. The van der Waals surface area contributed by atoms with Crippen molar-refractivity contribution in [2.24, 2.45) is 0 Å². The smallest absolute Gasteiger partial charge is 0.259 e. The van der Waals surface area contributed by atoms with Gasteiger partial charge in [0.1, 0.15) is 5.75 Å². The monoisotopic (exact) mass is 344 g/mol. The first kappa shape index (κ1) is 16.9. The average Bonchev–Trinajstić information content (AvgIpc) is 2.42. The highest BCUT2D eigenvalue weighted by atomic mass is 79.9. The van der Waals surface area contributed by atoms with Crippen molar-refractivity contribution in [1.82, 2.24) is 10.2 Å². The number of nitrogens with one attached hydrogen (secondary N) is 1. The van der Waals surface area contributed by atoms with Crippen LogP contribution in [0.5, 0.6) is 5.75 Å². The molecule has 20 heavy (non-hydrogen) atoms. The molecule has 0 saturated heterocycles. The summed E-state index contributed by atoms with van der Waals surface area (Å²) in [5, 5.41) is 3.26.